The zero-order chi connectivity index (χ0) is 21.5. The predicted octanol–water partition coefficient (Wildman–Crippen LogP) is 2.81. The van der Waals surface area contributed by atoms with Crippen LogP contribution in [0.2, 0.25) is 0 Å². The Labute approximate surface area is 178 Å². The number of ether oxygens (including phenoxy) is 3. The van der Waals surface area contributed by atoms with Crippen LogP contribution in [0.3, 0.4) is 0 Å². The summed E-state index contributed by atoms with van der Waals surface area (Å²) in [5, 5.41) is 11.5. The summed E-state index contributed by atoms with van der Waals surface area (Å²) >= 11 is 1.19. The molecule has 0 aliphatic heterocycles. The number of hydrogen-bond acceptors (Lipinski definition) is 8. The highest BCUT2D eigenvalue weighted by Gasteiger charge is 2.14. The molecule has 0 unspecified atom stereocenters. The number of methoxy groups -OCH3 is 2. The largest absolute Gasteiger partial charge is 0.494 e. The van der Waals surface area contributed by atoms with Gasteiger partial charge in [0.25, 0.3) is 0 Å². The number of nitrogens with two attached hydrogens (primary N) is 1. The fourth-order valence-electron chi connectivity index (χ4n) is 2.68. The predicted molar refractivity (Wildman–Crippen MR) is 116 cm³/mol. The molecular weight excluding hydrogens is 406 g/mol. The Morgan fingerprint density at radius 3 is 2.50 bits per heavy atom. The Kier molecular flexibility index (Phi) is 7.02. The molecule has 0 aliphatic rings. The third-order valence-corrected chi connectivity index (χ3v) is 5.03. The zero-order valence-electron chi connectivity index (χ0n) is 16.9. The molecule has 0 saturated carbocycles. The zero-order valence-corrected chi connectivity index (χ0v) is 17.7. The van der Waals surface area contributed by atoms with Crippen molar-refractivity contribution in [1.82, 2.24) is 14.9 Å². The molecule has 30 heavy (non-hydrogen) atoms. The molecule has 158 valence electrons. The number of nitrogens with one attached hydrogen (secondary N) is 1. The third-order valence-electron chi connectivity index (χ3n) is 4.09. The maximum Gasteiger partial charge on any atom is 0.234 e. The molecule has 0 aliphatic carbocycles. The maximum atomic E-state index is 12.3. The number of amides is 1. The van der Waals surface area contributed by atoms with Crippen molar-refractivity contribution in [3.63, 3.8) is 0 Å². The van der Waals surface area contributed by atoms with Crippen LogP contribution in [0.5, 0.6) is 17.2 Å². The number of thioether (sulfide) groups is 1. The first-order valence-electron chi connectivity index (χ1n) is 9.14. The van der Waals surface area contributed by atoms with Crippen molar-refractivity contribution in [3.05, 3.63) is 42.5 Å². The highest BCUT2D eigenvalue weighted by Crippen LogP contribution is 2.30. The van der Waals surface area contributed by atoms with Gasteiger partial charge in [0.2, 0.25) is 11.1 Å². The Hall–Kier alpha value is -3.40. The summed E-state index contributed by atoms with van der Waals surface area (Å²) in [6, 6.07) is 12.6. The van der Waals surface area contributed by atoms with Crippen molar-refractivity contribution in [2.45, 2.75) is 12.1 Å². The SMILES string of the molecule is CCOc1ccc(-c2nnc(SCC(=O)Nc3ccc(OC)c(OC)c3)n2N)cc1. The topological polar surface area (TPSA) is 114 Å². The average Bonchev–Trinajstić information content (AvgIpc) is 3.13. The van der Waals surface area contributed by atoms with Gasteiger partial charge in [-0.15, -0.1) is 10.2 Å². The van der Waals surface area contributed by atoms with E-state index in [1.165, 1.54) is 23.5 Å². The lowest BCUT2D eigenvalue weighted by Crippen LogP contribution is -2.16. The van der Waals surface area contributed by atoms with Crippen molar-refractivity contribution in [2.75, 3.05) is 37.7 Å². The molecule has 0 saturated heterocycles. The van der Waals surface area contributed by atoms with E-state index < -0.39 is 0 Å². The first kappa shape index (κ1) is 21.3. The lowest BCUT2D eigenvalue weighted by molar-refractivity contribution is -0.113. The number of benzene rings is 2. The quantitative estimate of drug-likeness (QED) is 0.394. The molecule has 3 rings (SSSR count). The second-order valence-corrected chi connectivity index (χ2v) is 6.98. The first-order chi connectivity index (χ1) is 14.5. The maximum absolute atomic E-state index is 12.3. The molecule has 3 N–H and O–H groups in total. The summed E-state index contributed by atoms with van der Waals surface area (Å²) in [4.78, 5) is 12.3. The molecular formula is C20H23N5O4S. The lowest BCUT2D eigenvalue weighted by atomic mass is 10.2. The normalized spacial score (nSPS) is 10.5. The molecule has 0 spiro atoms. The van der Waals surface area contributed by atoms with Gasteiger partial charge in [-0.1, -0.05) is 11.8 Å². The van der Waals surface area contributed by atoms with Crippen molar-refractivity contribution in [1.29, 1.82) is 0 Å². The van der Waals surface area contributed by atoms with Gasteiger partial charge in [0, 0.05) is 17.3 Å². The summed E-state index contributed by atoms with van der Waals surface area (Å²) < 4.78 is 17.2. The van der Waals surface area contributed by atoms with Crippen LogP contribution in [0.4, 0.5) is 5.69 Å². The Morgan fingerprint density at radius 1 is 1.10 bits per heavy atom. The highest BCUT2D eigenvalue weighted by atomic mass is 32.2. The van der Waals surface area contributed by atoms with Crippen LogP contribution in [-0.4, -0.2) is 47.4 Å². The van der Waals surface area contributed by atoms with Crippen LogP contribution >= 0.6 is 11.8 Å². The number of rotatable bonds is 9. The Balaban J connectivity index is 1.61. The van der Waals surface area contributed by atoms with E-state index in [1.54, 1.807) is 25.3 Å². The number of carbonyl (C=O) groups excluding carboxylic acids is 1. The van der Waals surface area contributed by atoms with Gasteiger partial charge in [0.05, 0.1) is 26.6 Å². The van der Waals surface area contributed by atoms with Gasteiger partial charge in [0.15, 0.2) is 17.3 Å². The highest BCUT2D eigenvalue weighted by molar-refractivity contribution is 7.99. The molecule has 2 aromatic carbocycles. The number of nitrogen functional groups attached to an aromatic ring is 1. The van der Waals surface area contributed by atoms with Crippen LogP contribution in [0, 0.1) is 0 Å². The van der Waals surface area contributed by atoms with E-state index in [-0.39, 0.29) is 11.7 Å². The van der Waals surface area contributed by atoms with Crippen molar-refractivity contribution in [3.8, 4) is 28.6 Å². The molecule has 3 aromatic rings. The lowest BCUT2D eigenvalue weighted by Gasteiger charge is -2.10. The summed E-state index contributed by atoms with van der Waals surface area (Å²) in [6.45, 7) is 2.52. The number of aromatic nitrogens is 3. The van der Waals surface area contributed by atoms with Crippen LogP contribution in [0.15, 0.2) is 47.6 Å². The molecule has 9 nitrogen and oxygen atoms in total. The van der Waals surface area contributed by atoms with E-state index in [1.807, 2.05) is 31.2 Å². The molecule has 0 fully saturated rings. The van der Waals surface area contributed by atoms with E-state index in [0.717, 1.165) is 11.3 Å². The second-order valence-electron chi connectivity index (χ2n) is 6.04. The minimum atomic E-state index is -0.210. The molecule has 0 atom stereocenters. The van der Waals surface area contributed by atoms with Crippen LogP contribution in [0.1, 0.15) is 6.92 Å². The second kappa shape index (κ2) is 9.88. The van der Waals surface area contributed by atoms with Gasteiger partial charge in [-0.3, -0.25) is 4.79 Å². The Bertz CT molecular complexity index is 1010. The van der Waals surface area contributed by atoms with Gasteiger partial charge in [-0.25, -0.2) is 4.68 Å². The van der Waals surface area contributed by atoms with Crippen LogP contribution in [-0.2, 0) is 4.79 Å². The Morgan fingerprint density at radius 2 is 1.83 bits per heavy atom. The minimum Gasteiger partial charge on any atom is -0.494 e. The number of anilines is 1. The minimum absolute atomic E-state index is 0.118. The summed E-state index contributed by atoms with van der Waals surface area (Å²) in [7, 11) is 3.09. The fourth-order valence-corrected chi connectivity index (χ4v) is 3.34. The molecule has 1 amide bonds. The van der Waals surface area contributed by atoms with Crippen molar-refractivity contribution < 1.29 is 19.0 Å². The van der Waals surface area contributed by atoms with Crippen molar-refractivity contribution in [2.24, 2.45) is 0 Å². The molecule has 1 aromatic heterocycles. The monoisotopic (exact) mass is 429 g/mol. The number of hydrogen-bond donors (Lipinski definition) is 2. The van der Waals surface area contributed by atoms with Crippen LogP contribution < -0.4 is 25.4 Å². The van der Waals surface area contributed by atoms with Crippen LogP contribution in [0.25, 0.3) is 11.4 Å². The summed E-state index contributed by atoms with van der Waals surface area (Å²) in [5.74, 6) is 8.41. The standard InChI is InChI=1S/C20H23N5O4S/c1-4-29-15-8-5-13(6-9-15)19-23-24-20(25(19)21)30-12-18(26)22-14-7-10-16(27-2)17(11-14)28-3/h5-11H,4,12,21H2,1-3H3,(H,22,26). The molecule has 1 heterocycles. The molecule has 0 bridgehead atoms. The van der Waals surface area contributed by atoms with Crippen molar-refractivity contribution >= 4 is 23.4 Å². The van der Waals surface area contributed by atoms with Gasteiger partial charge >= 0.3 is 0 Å². The molecule has 0 radical (unpaired) electrons. The van der Waals surface area contributed by atoms with E-state index >= 15 is 0 Å². The van der Waals surface area contributed by atoms with E-state index in [0.29, 0.717) is 34.8 Å². The van der Waals surface area contributed by atoms with E-state index in [9.17, 15) is 4.79 Å². The first-order valence-corrected chi connectivity index (χ1v) is 10.1. The van der Waals surface area contributed by atoms with Gasteiger partial charge in [0.1, 0.15) is 5.75 Å². The number of carbonyl (C=O) groups is 1. The fraction of sp³-hybridized carbons (Fsp3) is 0.250. The number of nitrogens with zero attached hydrogens (tertiary/aromatic N) is 3. The summed E-state index contributed by atoms with van der Waals surface area (Å²) in [6.07, 6.45) is 0. The molecule has 10 heteroatoms. The van der Waals surface area contributed by atoms with Gasteiger partial charge < -0.3 is 25.4 Å². The average molecular weight is 430 g/mol. The van der Waals surface area contributed by atoms with Gasteiger partial charge in [-0.2, -0.15) is 0 Å². The smallest absolute Gasteiger partial charge is 0.234 e. The van der Waals surface area contributed by atoms with E-state index in [4.69, 9.17) is 20.1 Å². The van der Waals surface area contributed by atoms with Gasteiger partial charge in [-0.05, 0) is 43.3 Å². The summed E-state index contributed by atoms with van der Waals surface area (Å²) in [5.41, 5.74) is 1.40. The third kappa shape index (κ3) is 4.95. The van der Waals surface area contributed by atoms with E-state index in [2.05, 4.69) is 15.5 Å².